The zero-order chi connectivity index (χ0) is 7.66. The molecular formula is C7H17NOS. The molecule has 0 bridgehead atoms. The van der Waals surface area contributed by atoms with Crippen molar-refractivity contribution in [2.45, 2.75) is 12.8 Å². The Balaban J connectivity index is 2.65. The molecular weight excluding hydrogens is 146 g/mol. The topological polar surface area (TPSA) is 35.2 Å². The molecule has 62 valence electrons. The molecule has 0 spiro atoms. The highest BCUT2D eigenvalue weighted by Gasteiger charge is 1.86. The normalized spacial score (nSPS) is 10.2. The average Bonchev–Trinajstić information content (AvgIpc) is 1.97. The van der Waals surface area contributed by atoms with Crippen LogP contribution in [0.2, 0.25) is 0 Å². The van der Waals surface area contributed by atoms with E-state index in [-0.39, 0.29) is 0 Å². The molecule has 0 aromatic carbocycles. The van der Waals surface area contributed by atoms with Crippen molar-refractivity contribution in [3.05, 3.63) is 0 Å². The summed E-state index contributed by atoms with van der Waals surface area (Å²) in [7, 11) is 0. The van der Waals surface area contributed by atoms with E-state index in [1.807, 2.05) is 11.8 Å². The predicted molar refractivity (Wildman–Crippen MR) is 47.5 cm³/mol. The second-order valence-corrected chi connectivity index (χ2v) is 3.09. The Hall–Kier alpha value is 0.270. The van der Waals surface area contributed by atoms with Gasteiger partial charge in [-0.15, -0.1) is 0 Å². The zero-order valence-corrected chi connectivity index (χ0v) is 7.45. The highest BCUT2D eigenvalue weighted by Crippen LogP contribution is 1.95. The van der Waals surface area contributed by atoms with Crippen LogP contribution in [0.15, 0.2) is 0 Å². The molecule has 0 rings (SSSR count). The molecule has 2 N–H and O–H groups in total. The van der Waals surface area contributed by atoms with Gasteiger partial charge in [-0.1, -0.05) is 0 Å². The summed E-state index contributed by atoms with van der Waals surface area (Å²) < 4.78 is 5.28. The quantitative estimate of drug-likeness (QED) is 0.571. The first-order valence-electron chi connectivity index (χ1n) is 3.68. The molecule has 10 heavy (non-hydrogen) atoms. The van der Waals surface area contributed by atoms with Gasteiger partial charge in [-0.25, -0.2) is 0 Å². The molecule has 0 heterocycles. The lowest BCUT2D eigenvalue weighted by Gasteiger charge is -2.00. The molecule has 0 aliphatic carbocycles. The molecule has 0 fully saturated rings. The second kappa shape index (κ2) is 9.27. The second-order valence-electron chi connectivity index (χ2n) is 2.10. The summed E-state index contributed by atoms with van der Waals surface area (Å²) in [5, 5.41) is 0. The summed E-state index contributed by atoms with van der Waals surface area (Å²) >= 11 is 1.86. The first-order chi connectivity index (χ1) is 4.91. The third-order valence-electron chi connectivity index (χ3n) is 1.13. The van der Waals surface area contributed by atoms with Gasteiger partial charge in [0.2, 0.25) is 0 Å². The van der Waals surface area contributed by atoms with Crippen LogP contribution in [0.25, 0.3) is 0 Å². The number of hydrogen-bond acceptors (Lipinski definition) is 3. The van der Waals surface area contributed by atoms with Crippen LogP contribution in [0, 0.1) is 0 Å². The van der Waals surface area contributed by atoms with Gasteiger partial charge in [0.1, 0.15) is 0 Å². The van der Waals surface area contributed by atoms with Crippen molar-refractivity contribution >= 4 is 11.8 Å². The Morgan fingerprint density at radius 2 is 2.00 bits per heavy atom. The minimum Gasteiger partial charge on any atom is -0.381 e. The molecule has 0 amide bonds. The Kier molecular flexibility index (Phi) is 9.52. The molecule has 0 unspecified atom stereocenters. The van der Waals surface area contributed by atoms with Gasteiger partial charge in [-0.2, -0.15) is 11.8 Å². The van der Waals surface area contributed by atoms with Crippen LogP contribution >= 0.6 is 11.8 Å². The largest absolute Gasteiger partial charge is 0.381 e. The van der Waals surface area contributed by atoms with Crippen LogP contribution in [-0.4, -0.2) is 31.8 Å². The summed E-state index contributed by atoms with van der Waals surface area (Å²) in [6, 6.07) is 0. The SMILES string of the molecule is CSCCCOCCCN. The van der Waals surface area contributed by atoms with Crippen molar-refractivity contribution in [1.82, 2.24) is 0 Å². The standard InChI is InChI=1S/C7H17NOS/c1-10-7-3-6-9-5-2-4-8/h2-8H2,1H3. The molecule has 0 saturated heterocycles. The van der Waals surface area contributed by atoms with Gasteiger partial charge in [0.15, 0.2) is 0 Å². The monoisotopic (exact) mass is 163 g/mol. The van der Waals surface area contributed by atoms with E-state index in [4.69, 9.17) is 10.5 Å². The fourth-order valence-electron chi connectivity index (χ4n) is 0.593. The molecule has 0 aliphatic heterocycles. The lowest BCUT2D eigenvalue weighted by Crippen LogP contribution is -2.05. The smallest absolute Gasteiger partial charge is 0.0478 e. The van der Waals surface area contributed by atoms with Gasteiger partial charge < -0.3 is 10.5 Å². The maximum Gasteiger partial charge on any atom is 0.0478 e. The minimum atomic E-state index is 0.739. The number of nitrogens with two attached hydrogens (primary N) is 1. The van der Waals surface area contributed by atoms with E-state index < -0.39 is 0 Å². The number of hydrogen-bond donors (Lipinski definition) is 1. The van der Waals surface area contributed by atoms with Crippen molar-refractivity contribution in [2.24, 2.45) is 5.73 Å². The van der Waals surface area contributed by atoms with Crippen LogP contribution in [-0.2, 0) is 4.74 Å². The maximum absolute atomic E-state index is 5.29. The molecule has 0 aromatic heterocycles. The molecule has 0 aliphatic rings. The zero-order valence-electron chi connectivity index (χ0n) is 6.64. The van der Waals surface area contributed by atoms with E-state index >= 15 is 0 Å². The Morgan fingerprint density at radius 3 is 2.60 bits per heavy atom. The van der Waals surface area contributed by atoms with E-state index in [0.717, 1.165) is 32.6 Å². The molecule has 0 saturated carbocycles. The first kappa shape index (κ1) is 10.3. The first-order valence-corrected chi connectivity index (χ1v) is 5.08. The van der Waals surface area contributed by atoms with Gasteiger partial charge in [0.25, 0.3) is 0 Å². The Bertz CT molecular complexity index is 53.6. The van der Waals surface area contributed by atoms with Gasteiger partial charge in [-0.05, 0) is 31.4 Å². The lowest BCUT2D eigenvalue weighted by atomic mass is 10.4. The van der Waals surface area contributed by atoms with Crippen LogP contribution in [0.1, 0.15) is 12.8 Å². The van der Waals surface area contributed by atoms with Gasteiger partial charge >= 0.3 is 0 Å². The van der Waals surface area contributed by atoms with Crippen molar-refractivity contribution in [3.8, 4) is 0 Å². The maximum atomic E-state index is 5.29. The van der Waals surface area contributed by atoms with Crippen LogP contribution in [0.5, 0.6) is 0 Å². The summed E-state index contributed by atoms with van der Waals surface area (Å²) in [6.07, 6.45) is 4.25. The van der Waals surface area contributed by atoms with E-state index in [9.17, 15) is 0 Å². The van der Waals surface area contributed by atoms with E-state index in [1.54, 1.807) is 0 Å². The number of rotatable bonds is 7. The summed E-state index contributed by atoms with van der Waals surface area (Å²) in [6.45, 7) is 2.45. The molecule has 0 atom stereocenters. The summed E-state index contributed by atoms with van der Waals surface area (Å²) in [4.78, 5) is 0. The molecule has 3 heteroatoms. The van der Waals surface area contributed by atoms with Crippen molar-refractivity contribution in [3.63, 3.8) is 0 Å². The van der Waals surface area contributed by atoms with Crippen LogP contribution in [0.3, 0.4) is 0 Å². The van der Waals surface area contributed by atoms with Crippen LogP contribution in [0.4, 0.5) is 0 Å². The fourth-order valence-corrected chi connectivity index (χ4v) is 0.999. The van der Waals surface area contributed by atoms with Crippen molar-refractivity contribution in [2.75, 3.05) is 31.8 Å². The molecule has 2 nitrogen and oxygen atoms in total. The average molecular weight is 163 g/mol. The van der Waals surface area contributed by atoms with Gasteiger partial charge in [-0.3, -0.25) is 0 Å². The Morgan fingerprint density at radius 1 is 1.30 bits per heavy atom. The predicted octanol–water partition coefficient (Wildman–Crippen LogP) is 1.10. The Labute approximate surface area is 67.5 Å². The van der Waals surface area contributed by atoms with E-state index in [0.29, 0.717) is 0 Å². The number of thioether (sulfide) groups is 1. The number of ether oxygens (including phenoxy) is 1. The van der Waals surface area contributed by atoms with E-state index in [1.165, 1.54) is 5.75 Å². The van der Waals surface area contributed by atoms with Gasteiger partial charge in [0, 0.05) is 13.2 Å². The lowest BCUT2D eigenvalue weighted by molar-refractivity contribution is 0.134. The van der Waals surface area contributed by atoms with E-state index in [2.05, 4.69) is 6.26 Å². The summed E-state index contributed by atoms with van der Waals surface area (Å²) in [5.41, 5.74) is 5.29. The molecule has 0 radical (unpaired) electrons. The van der Waals surface area contributed by atoms with Crippen molar-refractivity contribution < 1.29 is 4.74 Å². The molecule has 0 aromatic rings. The highest BCUT2D eigenvalue weighted by atomic mass is 32.2. The third-order valence-corrected chi connectivity index (χ3v) is 1.83. The van der Waals surface area contributed by atoms with Crippen LogP contribution < -0.4 is 5.73 Å². The third kappa shape index (κ3) is 8.27. The minimum absolute atomic E-state index is 0.739. The van der Waals surface area contributed by atoms with Gasteiger partial charge in [0.05, 0.1) is 0 Å². The fraction of sp³-hybridized carbons (Fsp3) is 1.00. The highest BCUT2D eigenvalue weighted by molar-refractivity contribution is 7.98. The van der Waals surface area contributed by atoms with Crippen molar-refractivity contribution in [1.29, 1.82) is 0 Å². The summed E-state index contributed by atoms with van der Waals surface area (Å²) in [5.74, 6) is 1.20.